The summed E-state index contributed by atoms with van der Waals surface area (Å²) in [6.07, 6.45) is 4.91. The van der Waals surface area contributed by atoms with E-state index in [2.05, 4.69) is 10.1 Å². The zero-order chi connectivity index (χ0) is 23.4. The third kappa shape index (κ3) is 4.57. The maximum atomic E-state index is 13.3. The largest absolute Gasteiger partial charge is 0.490 e. The molecule has 178 valence electrons. The maximum absolute atomic E-state index is 13.3. The van der Waals surface area contributed by atoms with Crippen molar-refractivity contribution in [3.05, 3.63) is 47.4 Å². The fourth-order valence-electron chi connectivity index (χ4n) is 4.79. The van der Waals surface area contributed by atoms with E-state index in [9.17, 15) is 9.59 Å². The summed E-state index contributed by atoms with van der Waals surface area (Å²) in [5.74, 6) is 1.47. The Labute approximate surface area is 194 Å². The van der Waals surface area contributed by atoms with Crippen LogP contribution >= 0.6 is 0 Å². The number of esters is 1. The monoisotopic (exact) mass is 456 g/mol. The molecule has 1 saturated carbocycles. The molecule has 1 aliphatic heterocycles. The summed E-state index contributed by atoms with van der Waals surface area (Å²) < 4.78 is 21.9. The smallest absolute Gasteiger partial charge is 0.373 e. The van der Waals surface area contributed by atoms with Crippen LogP contribution in [-0.2, 0) is 16.1 Å². The number of hydrogen-bond acceptors (Lipinski definition) is 7. The summed E-state index contributed by atoms with van der Waals surface area (Å²) in [5.41, 5.74) is 0.519. The lowest BCUT2D eigenvalue weighted by atomic mass is 9.81. The number of amides is 1. The predicted molar refractivity (Wildman–Crippen MR) is 121 cm³/mol. The molecule has 1 aromatic carbocycles. The Hall–Kier alpha value is -3.00. The van der Waals surface area contributed by atoms with Gasteiger partial charge in [-0.25, -0.2) is 4.79 Å². The molecular formula is C25H32N2O6. The first-order valence-electron chi connectivity index (χ1n) is 11.7. The Morgan fingerprint density at radius 1 is 1.12 bits per heavy atom. The standard InChI is InChI=1S/C25H32N2O6/c1-4-27-22(26-25(24(27)29)13-7-6-8-14-25)17-9-11-19(21(15-17)31-5-2)32-16-18-10-12-20(33-18)23(28)30-3/h9-12,15,22,26H,4-8,13-14,16H2,1-3H3. The highest BCUT2D eigenvalue weighted by Gasteiger charge is 2.51. The number of nitrogens with zero attached hydrogens (tertiary/aromatic N) is 1. The fraction of sp³-hybridized carbons (Fsp3) is 0.520. The van der Waals surface area contributed by atoms with Gasteiger partial charge in [0.15, 0.2) is 11.5 Å². The van der Waals surface area contributed by atoms with Gasteiger partial charge in [0.2, 0.25) is 11.7 Å². The van der Waals surface area contributed by atoms with Gasteiger partial charge in [0, 0.05) is 6.54 Å². The number of methoxy groups -OCH3 is 1. The quantitative estimate of drug-likeness (QED) is 0.596. The van der Waals surface area contributed by atoms with Crippen molar-refractivity contribution in [1.82, 2.24) is 10.2 Å². The second kappa shape index (κ2) is 9.87. The number of nitrogens with one attached hydrogen (secondary N) is 1. The first-order chi connectivity index (χ1) is 16.0. The van der Waals surface area contributed by atoms with Gasteiger partial charge in [0.05, 0.1) is 19.3 Å². The first kappa shape index (κ1) is 23.2. The van der Waals surface area contributed by atoms with Crippen molar-refractivity contribution < 1.29 is 28.2 Å². The molecule has 1 unspecified atom stereocenters. The van der Waals surface area contributed by atoms with Crippen LogP contribution in [-0.4, -0.2) is 42.6 Å². The molecule has 1 atom stereocenters. The molecule has 4 rings (SSSR count). The highest BCUT2D eigenvalue weighted by Crippen LogP contribution is 2.41. The van der Waals surface area contributed by atoms with Gasteiger partial charge >= 0.3 is 5.97 Å². The van der Waals surface area contributed by atoms with E-state index in [-0.39, 0.29) is 24.4 Å². The summed E-state index contributed by atoms with van der Waals surface area (Å²) in [5, 5.41) is 3.66. The van der Waals surface area contributed by atoms with E-state index in [1.165, 1.54) is 13.5 Å². The van der Waals surface area contributed by atoms with Gasteiger partial charge in [-0.15, -0.1) is 0 Å². The molecule has 2 aromatic rings. The zero-order valence-electron chi connectivity index (χ0n) is 19.5. The lowest BCUT2D eigenvalue weighted by Crippen LogP contribution is -2.48. The number of benzene rings is 1. The Morgan fingerprint density at radius 2 is 1.91 bits per heavy atom. The third-order valence-electron chi connectivity index (χ3n) is 6.44. The number of furan rings is 1. The molecule has 0 radical (unpaired) electrons. The van der Waals surface area contributed by atoms with Gasteiger partial charge in [0.1, 0.15) is 18.5 Å². The van der Waals surface area contributed by atoms with Gasteiger partial charge < -0.3 is 23.5 Å². The highest BCUT2D eigenvalue weighted by molar-refractivity contribution is 5.89. The molecule has 1 saturated heterocycles. The molecular weight excluding hydrogens is 424 g/mol. The van der Waals surface area contributed by atoms with E-state index in [0.29, 0.717) is 30.4 Å². The Kier molecular flexibility index (Phi) is 6.93. The number of carbonyl (C=O) groups excluding carboxylic acids is 2. The van der Waals surface area contributed by atoms with Gasteiger partial charge in [-0.2, -0.15) is 0 Å². The van der Waals surface area contributed by atoms with E-state index in [0.717, 1.165) is 31.2 Å². The van der Waals surface area contributed by atoms with E-state index in [1.54, 1.807) is 12.1 Å². The molecule has 33 heavy (non-hydrogen) atoms. The zero-order valence-corrected chi connectivity index (χ0v) is 19.5. The Morgan fingerprint density at radius 3 is 2.61 bits per heavy atom. The van der Waals surface area contributed by atoms with E-state index < -0.39 is 11.5 Å². The average Bonchev–Trinajstić information content (AvgIpc) is 3.41. The number of carbonyl (C=O) groups is 2. The molecule has 2 heterocycles. The van der Waals surface area contributed by atoms with Gasteiger partial charge in [0.25, 0.3) is 0 Å². The van der Waals surface area contributed by atoms with Gasteiger partial charge in [-0.1, -0.05) is 25.3 Å². The minimum atomic E-state index is -0.532. The average molecular weight is 457 g/mol. The van der Waals surface area contributed by atoms with E-state index >= 15 is 0 Å². The van der Waals surface area contributed by atoms with E-state index in [1.807, 2.05) is 36.9 Å². The number of ether oxygens (including phenoxy) is 3. The van der Waals surface area contributed by atoms with Crippen LogP contribution in [0.5, 0.6) is 11.5 Å². The van der Waals surface area contributed by atoms with Gasteiger partial charge in [-0.05, 0) is 56.5 Å². The predicted octanol–water partition coefficient (Wildman–Crippen LogP) is 4.20. The number of likely N-dealkylation sites (N-methyl/N-ethyl adjacent to an activating group) is 1. The minimum Gasteiger partial charge on any atom is -0.490 e. The summed E-state index contributed by atoms with van der Waals surface area (Å²) >= 11 is 0. The van der Waals surface area contributed by atoms with Crippen molar-refractivity contribution in [2.45, 2.75) is 64.3 Å². The number of rotatable bonds is 8. The molecule has 2 aliphatic rings. The topological polar surface area (TPSA) is 90.2 Å². The highest BCUT2D eigenvalue weighted by atomic mass is 16.5. The van der Waals surface area contributed by atoms with Crippen LogP contribution in [0, 0.1) is 0 Å². The summed E-state index contributed by atoms with van der Waals surface area (Å²) in [6, 6.07) is 9.00. The minimum absolute atomic E-state index is 0.129. The van der Waals surface area contributed by atoms with Crippen LogP contribution in [0.2, 0.25) is 0 Å². The van der Waals surface area contributed by atoms with Crippen molar-refractivity contribution >= 4 is 11.9 Å². The van der Waals surface area contributed by atoms with Crippen LogP contribution in [0.1, 0.15) is 74.0 Å². The summed E-state index contributed by atoms with van der Waals surface area (Å²) in [4.78, 5) is 26.8. The second-order valence-electron chi connectivity index (χ2n) is 8.47. The third-order valence-corrected chi connectivity index (χ3v) is 6.44. The molecule has 1 N–H and O–H groups in total. The van der Waals surface area contributed by atoms with Crippen molar-refractivity contribution in [2.75, 3.05) is 20.3 Å². The second-order valence-corrected chi connectivity index (χ2v) is 8.47. The maximum Gasteiger partial charge on any atom is 0.373 e. The van der Waals surface area contributed by atoms with E-state index in [4.69, 9.17) is 13.9 Å². The molecule has 2 fully saturated rings. The van der Waals surface area contributed by atoms with Crippen LogP contribution in [0.25, 0.3) is 0 Å². The molecule has 1 aliphatic carbocycles. The summed E-state index contributed by atoms with van der Waals surface area (Å²) in [7, 11) is 1.31. The van der Waals surface area contributed by atoms with Crippen molar-refractivity contribution in [2.24, 2.45) is 0 Å². The van der Waals surface area contributed by atoms with Crippen LogP contribution in [0.3, 0.4) is 0 Å². The molecule has 1 spiro atoms. The van der Waals surface area contributed by atoms with Crippen LogP contribution < -0.4 is 14.8 Å². The Bertz CT molecular complexity index is 995. The molecule has 8 nitrogen and oxygen atoms in total. The molecule has 1 aromatic heterocycles. The van der Waals surface area contributed by atoms with Crippen molar-refractivity contribution in [1.29, 1.82) is 0 Å². The number of hydrogen-bond donors (Lipinski definition) is 1. The van der Waals surface area contributed by atoms with Crippen LogP contribution in [0.15, 0.2) is 34.7 Å². The summed E-state index contributed by atoms with van der Waals surface area (Å²) in [6.45, 7) is 5.19. The molecule has 8 heteroatoms. The molecule has 1 amide bonds. The Balaban J connectivity index is 1.53. The SMILES string of the molecule is CCOc1cc(C2NC3(CCCCC3)C(=O)N2CC)ccc1OCc1ccc(C(=O)OC)o1. The first-order valence-corrected chi connectivity index (χ1v) is 11.7. The van der Waals surface area contributed by atoms with Crippen LogP contribution in [0.4, 0.5) is 0 Å². The lowest BCUT2D eigenvalue weighted by Gasteiger charge is -2.31. The lowest BCUT2D eigenvalue weighted by molar-refractivity contribution is -0.134. The van der Waals surface area contributed by atoms with Gasteiger partial charge in [-0.3, -0.25) is 10.1 Å². The normalized spacial score (nSPS) is 19.7. The fourth-order valence-corrected chi connectivity index (χ4v) is 4.79. The van der Waals surface area contributed by atoms with Crippen molar-refractivity contribution in [3.8, 4) is 11.5 Å². The van der Waals surface area contributed by atoms with Crippen molar-refractivity contribution in [3.63, 3.8) is 0 Å². The molecule has 0 bridgehead atoms.